The van der Waals surface area contributed by atoms with Gasteiger partial charge in [0.15, 0.2) is 0 Å². The summed E-state index contributed by atoms with van der Waals surface area (Å²) in [5.41, 5.74) is 0.312. The summed E-state index contributed by atoms with van der Waals surface area (Å²) in [4.78, 5) is 2.31. The van der Waals surface area contributed by atoms with Crippen LogP contribution < -0.4 is 10.0 Å². The fourth-order valence-electron chi connectivity index (χ4n) is 2.14. The molecule has 6 nitrogen and oxygen atoms in total. The first-order valence-electron chi connectivity index (χ1n) is 6.65. The minimum absolute atomic E-state index is 0. The zero-order valence-electron chi connectivity index (χ0n) is 12.3. The van der Waals surface area contributed by atoms with Crippen LogP contribution in [0.5, 0.6) is 0 Å². The van der Waals surface area contributed by atoms with Crippen LogP contribution in [0.2, 0.25) is 0 Å². The number of piperazine rings is 1. The van der Waals surface area contributed by atoms with E-state index in [0.29, 0.717) is 23.1 Å². The Labute approximate surface area is 157 Å². The number of nitrogens with zero attached hydrogens (tertiary/aromatic N) is 2. The van der Waals surface area contributed by atoms with Crippen molar-refractivity contribution >= 4 is 50.8 Å². The maximum atomic E-state index is 12.2. The van der Waals surface area contributed by atoms with Gasteiger partial charge in [0.05, 0.1) is 16.5 Å². The van der Waals surface area contributed by atoms with Crippen molar-refractivity contribution in [3.63, 3.8) is 0 Å². The molecule has 2 rings (SSSR count). The second-order valence-electron chi connectivity index (χ2n) is 4.78. The minimum Gasteiger partial charge on any atom is -0.314 e. The van der Waals surface area contributed by atoms with Crippen molar-refractivity contribution in [1.29, 1.82) is 5.26 Å². The molecule has 23 heavy (non-hydrogen) atoms. The largest absolute Gasteiger partial charge is 0.314 e. The number of nitriles is 1. The Morgan fingerprint density at radius 2 is 1.91 bits per heavy atom. The van der Waals surface area contributed by atoms with Gasteiger partial charge in [-0.1, -0.05) is 15.9 Å². The molecule has 130 valence electrons. The third-order valence-corrected chi connectivity index (χ3v) is 5.14. The van der Waals surface area contributed by atoms with Crippen molar-refractivity contribution < 1.29 is 8.42 Å². The summed E-state index contributed by atoms with van der Waals surface area (Å²) in [6.45, 7) is 4.76. The molecular formula is C13H19BrCl2N4O2S. The lowest BCUT2D eigenvalue weighted by Crippen LogP contribution is -2.46. The standard InChI is InChI=1S/C13H17BrN4O2S.2ClH/c14-12-7-11(10-15)8-13(9-12)21(19,20)17-3-6-18-4-1-16-2-5-18;;/h7-9,16-17H,1-6H2;2*1H. The lowest BCUT2D eigenvalue weighted by atomic mass is 10.2. The molecule has 1 fully saturated rings. The van der Waals surface area contributed by atoms with Crippen LogP contribution in [0, 0.1) is 11.3 Å². The Bertz CT molecular complexity index is 646. The number of nitrogens with one attached hydrogen (secondary N) is 2. The molecule has 0 amide bonds. The van der Waals surface area contributed by atoms with Crippen LogP contribution in [-0.2, 0) is 10.0 Å². The molecule has 1 aromatic carbocycles. The molecule has 0 saturated carbocycles. The lowest BCUT2D eigenvalue weighted by molar-refractivity contribution is 0.245. The first-order chi connectivity index (χ1) is 10.0. The average Bonchev–Trinajstić information content (AvgIpc) is 2.47. The van der Waals surface area contributed by atoms with Gasteiger partial charge >= 0.3 is 0 Å². The number of rotatable bonds is 5. The molecule has 1 aliphatic heterocycles. The van der Waals surface area contributed by atoms with Crippen LogP contribution in [0.1, 0.15) is 5.56 Å². The van der Waals surface area contributed by atoms with Crippen LogP contribution in [-0.4, -0.2) is 52.6 Å². The second-order valence-corrected chi connectivity index (χ2v) is 7.46. The molecule has 0 radical (unpaired) electrons. The summed E-state index contributed by atoms with van der Waals surface area (Å²) in [6.07, 6.45) is 0. The third-order valence-electron chi connectivity index (χ3n) is 3.24. The quantitative estimate of drug-likeness (QED) is 0.714. The van der Waals surface area contributed by atoms with E-state index in [1.165, 1.54) is 12.1 Å². The molecule has 0 aromatic heterocycles. The van der Waals surface area contributed by atoms with Gasteiger partial charge in [-0.3, -0.25) is 4.90 Å². The van der Waals surface area contributed by atoms with E-state index in [4.69, 9.17) is 5.26 Å². The lowest BCUT2D eigenvalue weighted by Gasteiger charge is -2.27. The van der Waals surface area contributed by atoms with E-state index in [0.717, 1.165) is 26.2 Å². The maximum absolute atomic E-state index is 12.2. The van der Waals surface area contributed by atoms with Crippen molar-refractivity contribution in [3.05, 3.63) is 28.2 Å². The summed E-state index contributed by atoms with van der Waals surface area (Å²) in [6, 6.07) is 6.40. The van der Waals surface area contributed by atoms with E-state index in [9.17, 15) is 8.42 Å². The Kier molecular flexibility index (Phi) is 10.3. The highest BCUT2D eigenvalue weighted by atomic mass is 79.9. The highest BCUT2D eigenvalue weighted by Crippen LogP contribution is 2.19. The predicted molar refractivity (Wildman–Crippen MR) is 97.9 cm³/mol. The molecule has 0 spiro atoms. The van der Waals surface area contributed by atoms with Crippen LogP contribution >= 0.6 is 40.7 Å². The summed E-state index contributed by atoms with van der Waals surface area (Å²) in [5.74, 6) is 0. The molecule has 1 heterocycles. The van der Waals surface area contributed by atoms with Crippen LogP contribution in [0.4, 0.5) is 0 Å². The molecule has 1 aromatic rings. The number of hydrogen-bond acceptors (Lipinski definition) is 5. The van der Waals surface area contributed by atoms with Gasteiger partial charge in [0, 0.05) is 43.7 Å². The second kappa shape index (κ2) is 10.5. The first-order valence-corrected chi connectivity index (χ1v) is 8.92. The van der Waals surface area contributed by atoms with Gasteiger partial charge < -0.3 is 5.32 Å². The number of benzene rings is 1. The highest BCUT2D eigenvalue weighted by Gasteiger charge is 2.16. The Balaban J connectivity index is 0.00000242. The minimum atomic E-state index is -3.59. The normalized spacial score (nSPS) is 15.1. The van der Waals surface area contributed by atoms with Crippen molar-refractivity contribution in [1.82, 2.24) is 14.9 Å². The number of halogens is 3. The van der Waals surface area contributed by atoms with E-state index < -0.39 is 10.0 Å². The monoisotopic (exact) mass is 444 g/mol. The molecule has 0 aliphatic carbocycles. The summed E-state index contributed by atoms with van der Waals surface area (Å²) < 4.78 is 27.6. The van der Waals surface area contributed by atoms with Crippen molar-refractivity contribution in [2.75, 3.05) is 39.3 Å². The zero-order valence-corrected chi connectivity index (χ0v) is 16.3. The van der Waals surface area contributed by atoms with Crippen molar-refractivity contribution in [3.8, 4) is 6.07 Å². The van der Waals surface area contributed by atoms with Gasteiger partial charge in [0.1, 0.15) is 0 Å². The highest BCUT2D eigenvalue weighted by molar-refractivity contribution is 9.10. The predicted octanol–water partition coefficient (Wildman–Crippen LogP) is 1.35. The maximum Gasteiger partial charge on any atom is 0.240 e. The van der Waals surface area contributed by atoms with Crippen molar-refractivity contribution in [2.45, 2.75) is 4.90 Å². The zero-order chi connectivity index (χ0) is 15.3. The first kappa shape index (κ1) is 22.6. The fraction of sp³-hybridized carbons (Fsp3) is 0.462. The molecule has 1 aliphatic rings. The molecular weight excluding hydrogens is 427 g/mol. The van der Waals surface area contributed by atoms with Gasteiger partial charge in [0.25, 0.3) is 0 Å². The van der Waals surface area contributed by atoms with E-state index in [-0.39, 0.29) is 29.7 Å². The van der Waals surface area contributed by atoms with E-state index >= 15 is 0 Å². The van der Waals surface area contributed by atoms with Crippen molar-refractivity contribution in [2.24, 2.45) is 0 Å². The average molecular weight is 446 g/mol. The molecule has 1 saturated heterocycles. The van der Waals surface area contributed by atoms with Gasteiger partial charge in [-0.15, -0.1) is 24.8 Å². The molecule has 0 bridgehead atoms. The smallest absolute Gasteiger partial charge is 0.240 e. The molecule has 0 unspecified atom stereocenters. The van der Waals surface area contributed by atoms with Gasteiger partial charge in [-0.25, -0.2) is 13.1 Å². The van der Waals surface area contributed by atoms with E-state index in [1.807, 2.05) is 6.07 Å². The molecule has 0 atom stereocenters. The third kappa shape index (κ3) is 6.93. The topological polar surface area (TPSA) is 85.2 Å². The molecule has 10 heteroatoms. The number of sulfonamides is 1. The van der Waals surface area contributed by atoms with Crippen LogP contribution in [0.3, 0.4) is 0 Å². The fourth-order valence-corrected chi connectivity index (χ4v) is 3.87. The SMILES string of the molecule is Cl.Cl.N#Cc1cc(Br)cc(S(=O)(=O)NCCN2CCNCC2)c1. The summed E-state index contributed by atoms with van der Waals surface area (Å²) in [5, 5.41) is 12.1. The van der Waals surface area contributed by atoms with Crippen LogP contribution in [0.15, 0.2) is 27.6 Å². The van der Waals surface area contributed by atoms with Crippen LogP contribution in [0.25, 0.3) is 0 Å². The number of hydrogen-bond donors (Lipinski definition) is 2. The summed E-state index contributed by atoms with van der Waals surface area (Å²) in [7, 11) is -3.59. The Morgan fingerprint density at radius 3 is 2.52 bits per heavy atom. The molecule has 2 N–H and O–H groups in total. The summed E-state index contributed by atoms with van der Waals surface area (Å²) >= 11 is 3.22. The van der Waals surface area contributed by atoms with Gasteiger partial charge in [-0.05, 0) is 18.2 Å². The van der Waals surface area contributed by atoms with E-state index in [2.05, 4.69) is 30.9 Å². The Morgan fingerprint density at radius 1 is 1.26 bits per heavy atom. The van der Waals surface area contributed by atoms with Gasteiger partial charge in [-0.2, -0.15) is 5.26 Å². The Hall–Kier alpha value is -0.400. The van der Waals surface area contributed by atoms with Gasteiger partial charge in [0.2, 0.25) is 10.0 Å². The van der Waals surface area contributed by atoms with E-state index in [1.54, 1.807) is 6.07 Å².